The van der Waals surface area contributed by atoms with Crippen LogP contribution in [0.2, 0.25) is 0 Å². The summed E-state index contributed by atoms with van der Waals surface area (Å²) in [7, 11) is 0. The van der Waals surface area contributed by atoms with Gasteiger partial charge in [0.25, 0.3) is 0 Å². The molecule has 1 fully saturated rings. The summed E-state index contributed by atoms with van der Waals surface area (Å²) in [5.74, 6) is 0.238. The number of carboxylic acids is 1. The molecule has 1 aromatic rings. The summed E-state index contributed by atoms with van der Waals surface area (Å²) in [5, 5.41) is 8.85. The number of carbonyl (C=O) groups is 1. The Morgan fingerprint density at radius 3 is 3.12 bits per heavy atom. The third-order valence-electron chi connectivity index (χ3n) is 3.17. The van der Waals surface area contributed by atoms with Crippen LogP contribution in [0.4, 0.5) is 0 Å². The van der Waals surface area contributed by atoms with Crippen LogP contribution < -0.4 is 0 Å². The fourth-order valence-electron chi connectivity index (χ4n) is 2.39. The fraction of sp³-hybridized carbons (Fsp3) is 0.583. The van der Waals surface area contributed by atoms with Gasteiger partial charge in [0.15, 0.2) is 0 Å². The van der Waals surface area contributed by atoms with Gasteiger partial charge in [-0.1, -0.05) is 6.92 Å². The first-order valence-corrected chi connectivity index (χ1v) is 5.54. The number of aliphatic carboxylic acids is 1. The van der Waals surface area contributed by atoms with Crippen molar-refractivity contribution in [2.45, 2.75) is 26.3 Å². The molecule has 1 aromatic heterocycles. The van der Waals surface area contributed by atoms with Crippen LogP contribution in [-0.2, 0) is 11.3 Å². The van der Waals surface area contributed by atoms with Gasteiger partial charge in [0, 0.05) is 6.54 Å². The number of nitrogens with zero attached hydrogens (tertiary/aromatic N) is 1. The zero-order valence-electron chi connectivity index (χ0n) is 9.48. The molecular formula is C12H17NO3. The second-order valence-corrected chi connectivity index (χ2v) is 4.92. The second kappa shape index (κ2) is 4.29. The topological polar surface area (TPSA) is 53.7 Å². The molecule has 16 heavy (non-hydrogen) atoms. The molecule has 0 aromatic carbocycles. The van der Waals surface area contributed by atoms with Crippen molar-refractivity contribution in [1.82, 2.24) is 4.90 Å². The van der Waals surface area contributed by atoms with Gasteiger partial charge in [0.1, 0.15) is 5.76 Å². The molecule has 88 valence electrons. The Hall–Kier alpha value is -1.29. The summed E-state index contributed by atoms with van der Waals surface area (Å²) in [4.78, 5) is 13.0. The lowest BCUT2D eigenvalue weighted by Gasteiger charge is -2.22. The number of likely N-dealkylation sites (tertiary alicyclic amines) is 1. The Labute approximate surface area is 94.9 Å². The second-order valence-electron chi connectivity index (χ2n) is 4.92. The maximum atomic E-state index is 10.7. The van der Waals surface area contributed by atoms with Crippen molar-refractivity contribution >= 4 is 5.97 Å². The average molecular weight is 223 g/mol. The highest BCUT2D eigenvalue weighted by Gasteiger charge is 2.35. The van der Waals surface area contributed by atoms with Crippen molar-refractivity contribution in [2.75, 3.05) is 13.1 Å². The molecule has 0 saturated carbocycles. The van der Waals surface area contributed by atoms with Gasteiger partial charge in [-0.2, -0.15) is 0 Å². The van der Waals surface area contributed by atoms with Gasteiger partial charge < -0.3 is 9.52 Å². The molecule has 1 atom stereocenters. The summed E-state index contributed by atoms with van der Waals surface area (Å²) in [5.41, 5.74) is -0.0849. The van der Waals surface area contributed by atoms with Crippen molar-refractivity contribution in [2.24, 2.45) is 5.41 Å². The predicted molar refractivity (Wildman–Crippen MR) is 59.0 cm³/mol. The third kappa shape index (κ3) is 2.64. The van der Waals surface area contributed by atoms with E-state index in [4.69, 9.17) is 9.52 Å². The van der Waals surface area contributed by atoms with E-state index in [9.17, 15) is 4.79 Å². The summed E-state index contributed by atoms with van der Waals surface area (Å²) in [6, 6.07) is 3.83. The van der Waals surface area contributed by atoms with Crippen LogP contribution in [0.25, 0.3) is 0 Å². The number of rotatable bonds is 4. The minimum Gasteiger partial charge on any atom is -0.481 e. The highest BCUT2D eigenvalue weighted by molar-refractivity contribution is 5.67. The van der Waals surface area contributed by atoms with Crippen molar-refractivity contribution in [3.8, 4) is 0 Å². The van der Waals surface area contributed by atoms with Gasteiger partial charge in [0.05, 0.1) is 19.2 Å². The highest BCUT2D eigenvalue weighted by Crippen LogP contribution is 2.34. The predicted octanol–water partition coefficient (Wildman–Crippen LogP) is 1.97. The first-order valence-electron chi connectivity index (χ1n) is 5.54. The van der Waals surface area contributed by atoms with Crippen LogP contribution >= 0.6 is 0 Å². The standard InChI is InChI=1S/C12H17NO3/c1-12(7-11(14)15)4-5-13(9-12)8-10-3-2-6-16-10/h2-3,6H,4-5,7-9H2,1H3,(H,14,15). The smallest absolute Gasteiger partial charge is 0.303 e. The van der Waals surface area contributed by atoms with Gasteiger partial charge in [0.2, 0.25) is 0 Å². The van der Waals surface area contributed by atoms with E-state index in [0.29, 0.717) is 0 Å². The van der Waals surface area contributed by atoms with Crippen LogP contribution in [0.5, 0.6) is 0 Å². The van der Waals surface area contributed by atoms with Crippen LogP contribution in [0.1, 0.15) is 25.5 Å². The normalized spacial score (nSPS) is 26.1. The van der Waals surface area contributed by atoms with Crippen LogP contribution in [0.3, 0.4) is 0 Å². The highest BCUT2D eigenvalue weighted by atomic mass is 16.4. The molecule has 1 aliphatic heterocycles. The molecule has 4 heteroatoms. The fourth-order valence-corrected chi connectivity index (χ4v) is 2.39. The maximum Gasteiger partial charge on any atom is 0.303 e. The molecule has 0 spiro atoms. The Bertz CT molecular complexity index is 360. The molecular weight excluding hydrogens is 206 g/mol. The van der Waals surface area contributed by atoms with E-state index in [0.717, 1.165) is 31.8 Å². The SMILES string of the molecule is CC1(CC(=O)O)CCN(Cc2ccco2)C1. The number of hydrogen-bond donors (Lipinski definition) is 1. The van der Waals surface area contributed by atoms with E-state index in [1.807, 2.05) is 19.1 Å². The molecule has 2 rings (SSSR count). The molecule has 0 aliphatic carbocycles. The number of hydrogen-bond acceptors (Lipinski definition) is 3. The lowest BCUT2D eigenvalue weighted by atomic mass is 9.86. The number of furan rings is 1. The maximum absolute atomic E-state index is 10.7. The monoisotopic (exact) mass is 223 g/mol. The molecule has 0 amide bonds. The molecule has 4 nitrogen and oxygen atoms in total. The Balaban J connectivity index is 1.90. The van der Waals surface area contributed by atoms with E-state index in [2.05, 4.69) is 4.90 Å². The Kier molecular flexibility index (Phi) is 3.01. The lowest BCUT2D eigenvalue weighted by Crippen LogP contribution is -2.26. The number of carboxylic acid groups (broad SMARTS) is 1. The minimum atomic E-state index is -0.706. The van der Waals surface area contributed by atoms with Crippen molar-refractivity contribution in [3.63, 3.8) is 0 Å². The molecule has 1 aliphatic rings. The van der Waals surface area contributed by atoms with Crippen molar-refractivity contribution in [3.05, 3.63) is 24.2 Å². The molecule has 0 bridgehead atoms. The van der Waals surface area contributed by atoms with E-state index in [1.165, 1.54) is 0 Å². The van der Waals surface area contributed by atoms with Crippen molar-refractivity contribution < 1.29 is 14.3 Å². The molecule has 1 N–H and O–H groups in total. The molecule has 0 radical (unpaired) electrons. The van der Waals surface area contributed by atoms with E-state index in [-0.39, 0.29) is 11.8 Å². The van der Waals surface area contributed by atoms with Gasteiger partial charge >= 0.3 is 5.97 Å². The average Bonchev–Trinajstić information content (AvgIpc) is 2.76. The lowest BCUT2D eigenvalue weighted by molar-refractivity contribution is -0.139. The molecule has 1 unspecified atom stereocenters. The van der Waals surface area contributed by atoms with Crippen LogP contribution in [0.15, 0.2) is 22.8 Å². The van der Waals surface area contributed by atoms with Gasteiger partial charge in [-0.05, 0) is 30.5 Å². The summed E-state index contributed by atoms with van der Waals surface area (Å²) < 4.78 is 5.29. The van der Waals surface area contributed by atoms with Gasteiger partial charge in [-0.15, -0.1) is 0 Å². The molecule has 1 saturated heterocycles. The van der Waals surface area contributed by atoms with Crippen molar-refractivity contribution in [1.29, 1.82) is 0 Å². The van der Waals surface area contributed by atoms with Crippen LogP contribution in [-0.4, -0.2) is 29.1 Å². The Morgan fingerprint density at radius 1 is 1.69 bits per heavy atom. The summed E-state index contributed by atoms with van der Waals surface area (Å²) >= 11 is 0. The summed E-state index contributed by atoms with van der Waals surface area (Å²) in [6.45, 7) is 4.61. The quantitative estimate of drug-likeness (QED) is 0.847. The van der Waals surface area contributed by atoms with Crippen LogP contribution in [0, 0.1) is 5.41 Å². The van der Waals surface area contributed by atoms with E-state index >= 15 is 0 Å². The van der Waals surface area contributed by atoms with Gasteiger partial charge in [-0.25, -0.2) is 0 Å². The van der Waals surface area contributed by atoms with E-state index < -0.39 is 5.97 Å². The minimum absolute atomic E-state index is 0.0849. The zero-order valence-corrected chi connectivity index (χ0v) is 9.48. The third-order valence-corrected chi connectivity index (χ3v) is 3.17. The summed E-state index contributed by atoms with van der Waals surface area (Å²) in [6.07, 6.45) is 2.86. The van der Waals surface area contributed by atoms with Gasteiger partial charge in [-0.3, -0.25) is 9.69 Å². The zero-order chi connectivity index (χ0) is 11.6. The Morgan fingerprint density at radius 2 is 2.50 bits per heavy atom. The largest absolute Gasteiger partial charge is 0.481 e. The first-order chi connectivity index (χ1) is 7.57. The van der Waals surface area contributed by atoms with E-state index in [1.54, 1.807) is 6.26 Å². The first kappa shape index (κ1) is 11.2. The molecule has 2 heterocycles.